The molecule has 0 radical (unpaired) electrons. The lowest BCUT2D eigenvalue weighted by atomic mass is 10.2. The largest absolute Gasteiger partial charge is 0.480 e. The number of carboxylic acid groups (broad SMARTS) is 1. The summed E-state index contributed by atoms with van der Waals surface area (Å²) in [5.41, 5.74) is 0.740. The Bertz CT molecular complexity index is 500. The smallest absolute Gasteiger partial charge is 0.324 e. The Balaban J connectivity index is 1.93. The molecule has 1 fully saturated rings. The molecule has 1 aliphatic rings. The van der Waals surface area contributed by atoms with Gasteiger partial charge >= 0.3 is 12.0 Å². The Morgan fingerprint density at radius 2 is 2.00 bits per heavy atom. The van der Waals surface area contributed by atoms with Crippen molar-refractivity contribution in [3.8, 4) is 0 Å². The number of aliphatic carboxylic acids is 1. The number of amides is 2. The van der Waals surface area contributed by atoms with E-state index in [1.54, 1.807) is 42.2 Å². The molecule has 1 atom stereocenters. The van der Waals surface area contributed by atoms with Gasteiger partial charge in [0, 0.05) is 39.4 Å². The minimum absolute atomic E-state index is 0.0920. The van der Waals surface area contributed by atoms with E-state index in [-0.39, 0.29) is 6.03 Å². The topological polar surface area (TPSA) is 77.0 Å². The van der Waals surface area contributed by atoms with Crippen LogP contribution in [0, 0.1) is 0 Å². The molecule has 0 bridgehead atoms. The Hall–Kier alpha value is -2.15. The van der Waals surface area contributed by atoms with Crippen molar-refractivity contribution in [2.75, 3.05) is 38.1 Å². The number of pyridine rings is 1. The van der Waals surface area contributed by atoms with Gasteiger partial charge < -0.3 is 10.0 Å². The van der Waals surface area contributed by atoms with Gasteiger partial charge in [0.1, 0.15) is 6.04 Å². The van der Waals surface area contributed by atoms with Crippen LogP contribution >= 0.6 is 0 Å². The summed E-state index contributed by atoms with van der Waals surface area (Å²) in [4.78, 5) is 32.5. The van der Waals surface area contributed by atoms with E-state index in [2.05, 4.69) is 4.98 Å². The van der Waals surface area contributed by atoms with E-state index in [4.69, 9.17) is 5.11 Å². The van der Waals surface area contributed by atoms with Crippen molar-refractivity contribution in [1.82, 2.24) is 14.8 Å². The van der Waals surface area contributed by atoms with E-state index in [0.717, 1.165) is 5.69 Å². The molecule has 0 aromatic carbocycles. The molecule has 7 nitrogen and oxygen atoms in total. The SMILES string of the molecule is CC(C(=O)O)N1CCN(C(=O)N(C)c2cccnc2)CC1. The molecular formula is C14H20N4O3. The number of hydrogen-bond acceptors (Lipinski definition) is 4. The highest BCUT2D eigenvalue weighted by Gasteiger charge is 2.28. The van der Waals surface area contributed by atoms with Gasteiger partial charge in [-0.05, 0) is 19.1 Å². The van der Waals surface area contributed by atoms with Crippen LogP contribution in [0.3, 0.4) is 0 Å². The third-order valence-electron chi connectivity index (χ3n) is 3.81. The molecule has 1 aliphatic heterocycles. The fourth-order valence-electron chi connectivity index (χ4n) is 2.33. The zero-order chi connectivity index (χ0) is 15.4. The average molecular weight is 292 g/mol. The van der Waals surface area contributed by atoms with Gasteiger partial charge in [-0.2, -0.15) is 0 Å². The zero-order valence-corrected chi connectivity index (χ0v) is 12.3. The third-order valence-corrected chi connectivity index (χ3v) is 3.81. The lowest BCUT2D eigenvalue weighted by Crippen LogP contribution is -2.55. The summed E-state index contributed by atoms with van der Waals surface area (Å²) < 4.78 is 0. The second-order valence-electron chi connectivity index (χ2n) is 5.09. The van der Waals surface area contributed by atoms with Crippen LogP contribution in [0.2, 0.25) is 0 Å². The highest BCUT2D eigenvalue weighted by atomic mass is 16.4. The molecule has 2 rings (SSSR count). The minimum atomic E-state index is -0.831. The standard InChI is InChI=1S/C14H20N4O3/c1-11(13(19)20)17-6-8-18(9-7-17)14(21)16(2)12-4-3-5-15-10-12/h3-5,10-11H,6-9H2,1-2H3,(H,19,20). The highest BCUT2D eigenvalue weighted by Crippen LogP contribution is 2.14. The van der Waals surface area contributed by atoms with E-state index in [9.17, 15) is 9.59 Å². The number of urea groups is 1. The summed E-state index contributed by atoms with van der Waals surface area (Å²) >= 11 is 0. The fourth-order valence-corrected chi connectivity index (χ4v) is 2.33. The molecule has 114 valence electrons. The van der Waals surface area contributed by atoms with Gasteiger partial charge in [-0.15, -0.1) is 0 Å². The first-order valence-corrected chi connectivity index (χ1v) is 6.90. The van der Waals surface area contributed by atoms with Crippen LogP contribution in [0.25, 0.3) is 0 Å². The van der Waals surface area contributed by atoms with Crippen molar-refractivity contribution in [3.05, 3.63) is 24.5 Å². The Morgan fingerprint density at radius 1 is 1.33 bits per heavy atom. The maximum absolute atomic E-state index is 12.4. The number of hydrogen-bond donors (Lipinski definition) is 1. The molecular weight excluding hydrogens is 272 g/mol. The van der Waals surface area contributed by atoms with Gasteiger partial charge in [-0.1, -0.05) is 0 Å². The summed E-state index contributed by atoms with van der Waals surface area (Å²) in [5.74, 6) is -0.831. The predicted molar refractivity (Wildman–Crippen MR) is 78.3 cm³/mol. The first-order valence-electron chi connectivity index (χ1n) is 6.90. The molecule has 1 aromatic rings. The fraction of sp³-hybridized carbons (Fsp3) is 0.500. The van der Waals surface area contributed by atoms with E-state index in [1.807, 2.05) is 11.0 Å². The number of anilines is 1. The number of rotatable bonds is 3. The molecule has 0 saturated carbocycles. The molecule has 2 amide bonds. The normalized spacial score (nSPS) is 17.3. The average Bonchev–Trinajstić information content (AvgIpc) is 2.53. The van der Waals surface area contributed by atoms with E-state index >= 15 is 0 Å². The van der Waals surface area contributed by atoms with E-state index in [1.165, 1.54) is 0 Å². The first-order chi connectivity index (χ1) is 10.0. The quantitative estimate of drug-likeness (QED) is 0.888. The van der Waals surface area contributed by atoms with E-state index < -0.39 is 12.0 Å². The van der Waals surface area contributed by atoms with Crippen molar-refractivity contribution in [1.29, 1.82) is 0 Å². The van der Waals surface area contributed by atoms with Crippen LogP contribution in [0.15, 0.2) is 24.5 Å². The van der Waals surface area contributed by atoms with Crippen LogP contribution in [-0.2, 0) is 4.79 Å². The van der Waals surface area contributed by atoms with Crippen LogP contribution in [0.4, 0.5) is 10.5 Å². The van der Waals surface area contributed by atoms with Crippen LogP contribution in [0.5, 0.6) is 0 Å². The Morgan fingerprint density at radius 3 is 2.52 bits per heavy atom. The van der Waals surface area contributed by atoms with Gasteiger partial charge in [-0.3, -0.25) is 19.6 Å². The van der Waals surface area contributed by atoms with Gasteiger partial charge in [-0.25, -0.2) is 4.79 Å². The summed E-state index contributed by atoms with van der Waals surface area (Å²) in [6, 6.07) is 3.00. The summed E-state index contributed by atoms with van der Waals surface area (Å²) in [7, 11) is 1.71. The molecule has 7 heteroatoms. The molecule has 2 heterocycles. The molecule has 1 N–H and O–H groups in total. The van der Waals surface area contributed by atoms with Crippen molar-refractivity contribution < 1.29 is 14.7 Å². The number of piperazine rings is 1. The van der Waals surface area contributed by atoms with Gasteiger partial charge in [0.05, 0.1) is 11.9 Å². The Kier molecular flexibility index (Phi) is 4.74. The second-order valence-corrected chi connectivity index (χ2v) is 5.09. The van der Waals surface area contributed by atoms with Crippen LogP contribution < -0.4 is 4.90 Å². The number of aromatic nitrogens is 1. The molecule has 0 aliphatic carbocycles. The number of carbonyl (C=O) groups excluding carboxylic acids is 1. The minimum Gasteiger partial charge on any atom is -0.480 e. The number of carbonyl (C=O) groups is 2. The zero-order valence-electron chi connectivity index (χ0n) is 12.3. The summed E-state index contributed by atoms with van der Waals surface area (Å²) in [6.07, 6.45) is 3.30. The molecule has 0 spiro atoms. The number of nitrogens with zero attached hydrogens (tertiary/aromatic N) is 4. The lowest BCUT2D eigenvalue weighted by molar-refractivity contribution is -0.143. The van der Waals surface area contributed by atoms with Crippen LogP contribution in [-0.4, -0.2) is 71.2 Å². The molecule has 1 aromatic heterocycles. The lowest BCUT2D eigenvalue weighted by Gasteiger charge is -2.38. The maximum Gasteiger partial charge on any atom is 0.324 e. The van der Waals surface area contributed by atoms with Crippen molar-refractivity contribution in [2.45, 2.75) is 13.0 Å². The molecule has 1 saturated heterocycles. The second kappa shape index (κ2) is 6.53. The predicted octanol–water partition coefficient (Wildman–Crippen LogP) is 0.728. The number of carboxylic acids is 1. The summed E-state index contributed by atoms with van der Waals surface area (Å²) in [5, 5.41) is 9.01. The first kappa shape index (κ1) is 15.2. The van der Waals surface area contributed by atoms with Gasteiger partial charge in [0.15, 0.2) is 0 Å². The highest BCUT2D eigenvalue weighted by molar-refractivity contribution is 5.91. The van der Waals surface area contributed by atoms with E-state index in [0.29, 0.717) is 26.2 Å². The molecule has 21 heavy (non-hydrogen) atoms. The Labute approximate surface area is 123 Å². The van der Waals surface area contributed by atoms with Crippen molar-refractivity contribution in [3.63, 3.8) is 0 Å². The third kappa shape index (κ3) is 3.49. The van der Waals surface area contributed by atoms with Crippen molar-refractivity contribution in [2.24, 2.45) is 0 Å². The van der Waals surface area contributed by atoms with Crippen LogP contribution in [0.1, 0.15) is 6.92 Å². The monoisotopic (exact) mass is 292 g/mol. The summed E-state index contributed by atoms with van der Waals surface area (Å²) in [6.45, 7) is 3.86. The maximum atomic E-state index is 12.4. The molecule has 1 unspecified atom stereocenters. The van der Waals surface area contributed by atoms with Gasteiger partial charge in [0.2, 0.25) is 0 Å². The van der Waals surface area contributed by atoms with Gasteiger partial charge in [0.25, 0.3) is 0 Å². The van der Waals surface area contributed by atoms with Crippen molar-refractivity contribution >= 4 is 17.7 Å².